The number of aromatic nitrogens is 2. The Bertz CT molecular complexity index is 1000. The minimum absolute atomic E-state index is 0.0258. The SMILES string of the molecule is Cc1cccc(CSCC(=O)N2CCN(C(C)c3nc(-c4ccccc4)no3)CC2)c1. The molecular formula is C24H28N4O2S. The highest BCUT2D eigenvalue weighted by molar-refractivity contribution is 7.99. The number of rotatable bonds is 7. The molecule has 0 bridgehead atoms. The summed E-state index contributed by atoms with van der Waals surface area (Å²) in [5.74, 6) is 2.84. The van der Waals surface area contributed by atoms with Gasteiger partial charge in [-0.15, -0.1) is 11.8 Å². The molecule has 2 aromatic carbocycles. The summed E-state index contributed by atoms with van der Waals surface area (Å²) in [6, 6.07) is 18.3. The van der Waals surface area contributed by atoms with Crippen LogP contribution in [0.5, 0.6) is 0 Å². The molecule has 1 atom stereocenters. The van der Waals surface area contributed by atoms with Gasteiger partial charge >= 0.3 is 0 Å². The first-order valence-corrected chi connectivity index (χ1v) is 11.8. The van der Waals surface area contributed by atoms with Crippen LogP contribution in [0.3, 0.4) is 0 Å². The molecule has 4 rings (SSSR count). The van der Waals surface area contributed by atoms with Crippen molar-refractivity contribution < 1.29 is 9.32 Å². The maximum atomic E-state index is 12.6. The molecule has 0 radical (unpaired) electrons. The Balaban J connectivity index is 1.24. The van der Waals surface area contributed by atoms with Gasteiger partial charge in [-0.25, -0.2) is 0 Å². The second kappa shape index (κ2) is 10.1. The molecule has 162 valence electrons. The number of aryl methyl sites for hydroxylation is 1. The molecule has 7 heteroatoms. The van der Waals surface area contributed by atoms with Gasteiger partial charge in [-0.2, -0.15) is 4.98 Å². The van der Waals surface area contributed by atoms with Gasteiger partial charge in [0.2, 0.25) is 17.6 Å². The predicted octanol–water partition coefficient (Wildman–Crippen LogP) is 4.18. The van der Waals surface area contributed by atoms with E-state index in [1.807, 2.05) is 35.2 Å². The van der Waals surface area contributed by atoms with E-state index in [0.717, 1.165) is 37.5 Å². The van der Waals surface area contributed by atoms with Crippen molar-refractivity contribution in [2.24, 2.45) is 0 Å². The minimum atomic E-state index is 0.0258. The summed E-state index contributed by atoms with van der Waals surface area (Å²) in [6.07, 6.45) is 0. The van der Waals surface area contributed by atoms with Gasteiger partial charge in [-0.3, -0.25) is 9.69 Å². The normalized spacial score (nSPS) is 15.7. The molecule has 1 unspecified atom stereocenters. The van der Waals surface area contributed by atoms with Crippen molar-refractivity contribution in [1.29, 1.82) is 0 Å². The molecule has 0 saturated carbocycles. The van der Waals surface area contributed by atoms with Crippen LogP contribution in [-0.2, 0) is 10.5 Å². The first-order valence-electron chi connectivity index (χ1n) is 10.6. The number of piperazine rings is 1. The maximum absolute atomic E-state index is 12.6. The summed E-state index contributed by atoms with van der Waals surface area (Å²) in [7, 11) is 0. The fourth-order valence-corrected chi connectivity index (χ4v) is 4.65. The average molecular weight is 437 g/mol. The quantitative estimate of drug-likeness (QED) is 0.554. The fourth-order valence-electron chi connectivity index (χ4n) is 3.77. The van der Waals surface area contributed by atoms with Gasteiger partial charge in [0.25, 0.3) is 0 Å². The fraction of sp³-hybridized carbons (Fsp3) is 0.375. The number of nitrogens with zero attached hydrogens (tertiary/aromatic N) is 4. The molecule has 0 aliphatic carbocycles. The number of benzene rings is 2. The molecule has 0 N–H and O–H groups in total. The number of carbonyl (C=O) groups is 1. The van der Waals surface area contributed by atoms with Crippen LogP contribution < -0.4 is 0 Å². The third-order valence-corrected chi connectivity index (χ3v) is 6.61. The Morgan fingerprint density at radius 2 is 1.87 bits per heavy atom. The highest BCUT2D eigenvalue weighted by Gasteiger charge is 2.27. The second-order valence-corrected chi connectivity index (χ2v) is 8.88. The molecule has 3 aromatic rings. The first kappa shape index (κ1) is 21.6. The molecule has 2 heterocycles. The van der Waals surface area contributed by atoms with Crippen molar-refractivity contribution in [3.63, 3.8) is 0 Å². The standard InChI is InChI=1S/C24H28N4O2S/c1-18-7-6-8-20(15-18)16-31-17-22(29)28-13-11-27(12-14-28)19(2)24-25-23(26-30-24)21-9-4-3-5-10-21/h3-10,15,19H,11-14,16-17H2,1-2H3. The maximum Gasteiger partial charge on any atom is 0.244 e. The average Bonchev–Trinajstić information content (AvgIpc) is 3.30. The molecule has 6 nitrogen and oxygen atoms in total. The molecule has 31 heavy (non-hydrogen) atoms. The lowest BCUT2D eigenvalue weighted by molar-refractivity contribution is -0.130. The zero-order valence-electron chi connectivity index (χ0n) is 18.0. The molecule has 1 amide bonds. The Labute approximate surface area is 187 Å². The van der Waals surface area contributed by atoms with E-state index in [0.29, 0.717) is 17.5 Å². The molecule has 1 aromatic heterocycles. The van der Waals surface area contributed by atoms with E-state index < -0.39 is 0 Å². The Hall–Kier alpha value is -2.64. The summed E-state index contributed by atoms with van der Waals surface area (Å²) >= 11 is 1.68. The van der Waals surface area contributed by atoms with E-state index >= 15 is 0 Å². The van der Waals surface area contributed by atoms with E-state index in [2.05, 4.69) is 53.2 Å². The predicted molar refractivity (Wildman–Crippen MR) is 124 cm³/mol. The lowest BCUT2D eigenvalue weighted by atomic mass is 10.2. The van der Waals surface area contributed by atoms with Crippen LogP contribution >= 0.6 is 11.8 Å². The van der Waals surface area contributed by atoms with E-state index in [4.69, 9.17) is 4.52 Å². The van der Waals surface area contributed by atoms with Gasteiger partial charge in [0.15, 0.2) is 0 Å². The van der Waals surface area contributed by atoms with Crippen LogP contribution in [-0.4, -0.2) is 57.8 Å². The smallest absolute Gasteiger partial charge is 0.244 e. The minimum Gasteiger partial charge on any atom is -0.339 e. The number of hydrogen-bond donors (Lipinski definition) is 0. The summed E-state index contributed by atoms with van der Waals surface area (Å²) in [4.78, 5) is 21.5. The number of carbonyl (C=O) groups excluding carboxylic acids is 1. The van der Waals surface area contributed by atoms with E-state index in [1.165, 1.54) is 11.1 Å². The molecular weight excluding hydrogens is 408 g/mol. The van der Waals surface area contributed by atoms with Crippen LogP contribution in [0, 0.1) is 6.92 Å². The summed E-state index contributed by atoms with van der Waals surface area (Å²) in [6.45, 7) is 7.24. The van der Waals surface area contributed by atoms with Crippen LogP contribution in [0.4, 0.5) is 0 Å². The lowest BCUT2D eigenvalue weighted by Crippen LogP contribution is -2.49. The highest BCUT2D eigenvalue weighted by Crippen LogP contribution is 2.23. The van der Waals surface area contributed by atoms with Crippen molar-refractivity contribution in [1.82, 2.24) is 19.9 Å². The van der Waals surface area contributed by atoms with Crippen LogP contribution in [0.25, 0.3) is 11.4 Å². The van der Waals surface area contributed by atoms with Crippen molar-refractivity contribution in [3.8, 4) is 11.4 Å². The Kier molecular flexibility index (Phi) is 7.04. The first-order chi connectivity index (χ1) is 15.1. The molecule has 1 fully saturated rings. The number of amides is 1. The molecule has 1 aliphatic heterocycles. The van der Waals surface area contributed by atoms with Gasteiger partial charge in [0.1, 0.15) is 0 Å². The van der Waals surface area contributed by atoms with Crippen molar-refractivity contribution in [2.75, 3.05) is 31.9 Å². The van der Waals surface area contributed by atoms with Crippen LogP contribution in [0.15, 0.2) is 59.1 Å². The van der Waals surface area contributed by atoms with Gasteiger partial charge in [-0.05, 0) is 19.4 Å². The van der Waals surface area contributed by atoms with Crippen LogP contribution in [0.2, 0.25) is 0 Å². The van der Waals surface area contributed by atoms with Gasteiger partial charge in [0.05, 0.1) is 11.8 Å². The highest BCUT2D eigenvalue weighted by atomic mass is 32.2. The third kappa shape index (κ3) is 5.54. The largest absolute Gasteiger partial charge is 0.339 e. The second-order valence-electron chi connectivity index (χ2n) is 7.90. The molecule has 1 aliphatic rings. The zero-order valence-corrected chi connectivity index (χ0v) is 18.8. The van der Waals surface area contributed by atoms with Crippen molar-refractivity contribution in [3.05, 3.63) is 71.6 Å². The van der Waals surface area contributed by atoms with Crippen LogP contribution in [0.1, 0.15) is 30.0 Å². The van der Waals surface area contributed by atoms with Gasteiger partial charge < -0.3 is 9.42 Å². The summed E-state index contributed by atoms with van der Waals surface area (Å²) in [5.41, 5.74) is 3.47. The van der Waals surface area contributed by atoms with Gasteiger partial charge in [0, 0.05) is 37.5 Å². The Morgan fingerprint density at radius 1 is 1.10 bits per heavy atom. The third-order valence-electron chi connectivity index (χ3n) is 5.62. The lowest BCUT2D eigenvalue weighted by Gasteiger charge is -2.36. The van der Waals surface area contributed by atoms with E-state index in [1.54, 1.807) is 11.8 Å². The summed E-state index contributed by atoms with van der Waals surface area (Å²) in [5, 5.41) is 4.13. The van der Waals surface area contributed by atoms with E-state index in [9.17, 15) is 4.79 Å². The van der Waals surface area contributed by atoms with Crippen molar-refractivity contribution in [2.45, 2.75) is 25.6 Å². The Morgan fingerprint density at radius 3 is 2.61 bits per heavy atom. The number of thioether (sulfide) groups is 1. The number of hydrogen-bond acceptors (Lipinski definition) is 6. The van der Waals surface area contributed by atoms with Gasteiger partial charge in [-0.1, -0.05) is 65.3 Å². The topological polar surface area (TPSA) is 62.5 Å². The van der Waals surface area contributed by atoms with E-state index in [-0.39, 0.29) is 11.9 Å². The summed E-state index contributed by atoms with van der Waals surface area (Å²) < 4.78 is 5.53. The monoisotopic (exact) mass is 436 g/mol. The zero-order chi connectivity index (χ0) is 21.6. The molecule has 0 spiro atoms. The molecule has 1 saturated heterocycles. The van der Waals surface area contributed by atoms with Crippen molar-refractivity contribution >= 4 is 17.7 Å².